The molecule has 19 heavy (non-hydrogen) atoms. The molecule has 1 aliphatic heterocycles. The van der Waals surface area contributed by atoms with Crippen LogP contribution >= 0.6 is 0 Å². The number of piperidine rings is 1. The quantitative estimate of drug-likeness (QED) is 0.830. The maximum Gasteiger partial charge on any atom is 0.447 e. The number of hydrogen-bond donors (Lipinski definition) is 1. The van der Waals surface area contributed by atoms with Crippen LogP contribution in [0.1, 0.15) is 24.8 Å². The highest BCUT2D eigenvalue weighted by molar-refractivity contribution is 5.62. The van der Waals surface area contributed by atoms with Crippen LogP contribution in [0.3, 0.4) is 0 Å². The normalized spacial score (nSPS) is 16.2. The lowest BCUT2D eigenvalue weighted by atomic mass is 10.2. The van der Waals surface area contributed by atoms with Crippen LogP contribution in [0.25, 0.3) is 0 Å². The standard InChI is InChI=1S/C14H20N2O3/c17-14(18)16(15-10-5-2-6-11-15)19-12-9-13-7-3-1-4-8-13/h1,3-4,7-8H,2,5-6,9-12H2,(H,17,18). The molecule has 0 aromatic heterocycles. The first-order valence-electron chi connectivity index (χ1n) is 6.72. The van der Waals surface area contributed by atoms with Gasteiger partial charge < -0.3 is 5.11 Å². The predicted molar refractivity (Wildman–Crippen MR) is 71.4 cm³/mol. The van der Waals surface area contributed by atoms with Crippen LogP contribution in [0.2, 0.25) is 0 Å². The summed E-state index contributed by atoms with van der Waals surface area (Å²) in [7, 11) is 0. The Balaban J connectivity index is 1.82. The van der Waals surface area contributed by atoms with E-state index in [0.29, 0.717) is 13.0 Å². The fourth-order valence-electron chi connectivity index (χ4n) is 2.21. The maximum absolute atomic E-state index is 11.2. The molecule has 0 aliphatic carbocycles. The second-order valence-corrected chi connectivity index (χ2v) is 4.64. The Morgan fingerprint density at radius 3 is 2.53 bits per heavy atom. The van der Waals surface area contributed by atoms with Gasteiger partial charge in [-0.3, -0.25) is 4.84 Å². The molecule has 1 saturated heterocycles. The van der Waals surface area contributed by atoms with E-state index in [0.717, 1.165) is 43.1 Å². The van der Waals surface area contributed by atoms with Crippen LogP contribution < -0.4 is 0 Å². The molecular formula is C14H20N2O3. The maximum atomic E-state index is 11.2. The van der Waals surface area contributed by atoms with Crippen molar-refractivity contribution in [1.29, 1.82) is 0 Å². The largest absolute Gasteiger partial charge is 0.462 e. The number of hydrazine groups is 1. The van der Waals surface area contributed by atoms with Gasteiger partial charge in [-0.25, -0.2) is 4.79 Å². The molecule has 0 radical (unpaired) electrons. The molecule has 0 saturated carbocycles. The van der Waals surface area contributed by atoms with Crippen molar-refractivity contribution in [2.75, 3.05) is 19.7 Å². The molecule has 1 fully saturated rings. The van der Waals surface area contributed by atoms with Crippen LogP contribution in [0.15, 0.2) is 30.3 Å². The zero-order chi connectivity index (χ0) is 13.5. The fraction of sp³-hybridized carbons (Fsp3) is 0.500. The van der Waals surface area contributed by atoms with Gasteiger partial charge in [-0.15, -0.1) is 5.17 Å². The van der Waals surface area contributed by atoms with E-state index in [1.165, 1.54) is 0 Å². The summed E-state index contributed by atoms with van der Waals surface area (Å²) in [5, 5.41) is 11.9. The van der Waals surface area contributed by atoms with E-state index in [4.69, 9.17) is 4.84 Å². The third-order valence-electron chi connectivity index (χ3n) is 3.20. The van der Waals surface area contributed by atoms with Crippen LogP contribution in [0.4, 0.5) is 4.79 Å². The molecule has 1 N–H and O–H groups in total. The first kappa shape index (κ1) is 13.8. The highest BCUT2D eigenvalue weighted by Gasteiger charge is 2.23. The highest BCUT2D eigenvalue weighted by Crippen LogP contribution is 2.12. The van der Waals surface area contributed by atoms with Gasteiger partial charge in [-0.1, -0.05) is 36.8 Å². The third kappa shape index (κ3) is 4.22. The Labute approximate surface area is 113 Å². The molecule has 2 rings (SSSR count). The Bertz CT molecular complexity index is 391. The summed E-state index contributed by atoms with van der Waals surface area (Å²) in [5.74, 6) is 0. The van der Waals surface area contributed by atoms with Gasteiger partial charge in [0.05, 0.1) is 6.61 Å². The van der Waals surface area contributed by atoms with Gasteiger partial charge in [0.1, 0.15) is 0 Å². The van der Waals surface area contributed by atoms with E-state index in [2.05, 4.69) is 0 Å². The predicted octanol–water partition coefficient (Wildman–Crippen LogP) is 2.54. The van der Waals surface area contributed by atoms with Gasteiger partial charge in [-0.05, 0) is 24.8 Å². The van der Waals surface area contributed by atoms with Gasteiger partial charge in [0.15, 0.2) is 0 Å². The van der Waals surface area contributed by atoms with Gasteiger partial charge in [0.2, 0.25) is 0 Å². The van der Waals surface area contributed by atoms with Crippen molar-refractivity contribution < 1.29 is 14.7 Å². The molecule has 0 spiro atoms. The lowest BCUT2D eigenvalue weighted by Crippen LogP contribution is -2.48. The monoisotopic (exact) mass is 264 g/mol. The van der Waals surface area contributed by atoms with Crippen molar-refractivity contribution in [2.45, 2.75) is 25.7 Å². The molecule has 0 atom stereocenters. The van der Waals surface area contributed by atoms with Crippen molar-refractivity contribution in [3.63, 3.8) is 0 Å². The second-order valence-electron chi connectivity index (χ2n) is 4.64. The van der Waals surface area contributed by atoms with Crippen LogP contribution in [-0.4, -0.2) is 41.1 Å². The van der Waals surface area contributed by atoms with E-state index in [-0.39, 0.29) is 0 Å². The number of hydroxylamine groups is 1. The number of carboxylic acid groups (broad SMARTS) is 1. The lowest BCUT2D eigenvalue weighted by Gasteiger charge is -2.33. The fourth-order valence-corrected chi connectivity index (χ4v) is 2.21. The van der Waals surface area contributed by atoms with Crippen molar-refractivity contribution >= 4 is 6.09 Å². The molecular weight excluding hydrogens is 244 g/mol. The zero-order valence-electron chi connectivity index (χ0n) is 11.0. The lowest BCUT2D eigenvalue weighted by molar-refractivity contribution is -0.255. The summed E-state index contributed by atoms with van der Waals surface area (Å²) in [6.45, 7) is 1.86. The van der Waals surface area contributed by atoms with Gasteiger partial charge >= 0.3 is 6.09 Å². The van der Waals surface area contributed by atoms with Crippen molar-refractivity contribution in [1.82, 2.24) is 10.2 Å². The molecule has 1 aliphatic rings. The number of nitrogens with zero attached hydrogens (tertiary/aromatic N) is 2. The first-order valence-corrected chi connectivity index (χ1v) is 6.72. The van der Waals surface area contributed by atoms with Gasteiger partial charge in [-0.2, -0.15) is 5.01 Å². The summed E-state index contributed by atoms with van der Waals surface area (Å²) < 4.78 is 0. The topological polar surface area (TPSA) is 53.0 Å². The molecule has 5 nitrogen and oxygen atoms in total. The molecule has 5 heteroatoms. The Hall–Kier alpha value is -1.59. The second kappa shape index (κ2) is 7.11. The molecule has 104 valence electrons. The summed E-state index contributed by atoms with van der Waals surface area (Å²) in [4.78, 5) is 16.6. The molecule has 1 heterocycles. The Morgan fingerprint density at radius 1 is 1.21 bits per heavy atom. The number of carbonyl (C=O) groups is 1. The highest BCUT2D eigenvalue weighted by atomic mass is 16.7. The minimum absolute atomic E-state index is 0.368. The molecule has 0 unspecified atom stereocenters. The van der Waals surface area contributed by atoms with Crippen molar-refractivity contribution in [3.8, 4) is 0 Å². The zero-order valence-corrected chi connectivity index (χ0v) is 11.0. The summed E-state index contributed by atoms with van der Waals surface area (Å²) in [6, 6.07) is 9.91. The summed E-state index contributed by atoms with van der Waals surface area (Å²) in [6.07, 6.45) is 2.86. The van der Waals surface area contributed by atoms with Gasteiger partial charge in [0.25, 0.3) is 0 Å². The molecule has 1 aromatic rings. The van der Waals surface area contributed by atoms with E-state index in [1.807, 2.05) is 30.3 Å². The number of hydrogen-bond acceptors (Lipinski definition) is 3. The number of amides is 1. The number of benzene rings is 1. The molecule has 1 amide bonds. The van der Waals surface area contributed by atoms with Crippen molar-refractivity contribution in [2.24, 2.45) is 0 Å². The number of rotatable bonds is 5. The van der Waals surface area contributed by atoms with E-state index < -0.39 is 6.09 Å². The minimum atomic E-state index is -1.05. The van der Waals surface area contributed by atoms with E-state index in [9.17, 15) is 9.90 Å². The van der Waals surface area contributed by atoms with Crippen LogP contribution in [0, 0.1) is 0 Å². The third-order valence-corrected chi connectivity index (χ3v) is 3.20. The van der Waals surface area contributed by atoms with E-state index >= 15 is 0 Å². The summed E-state index contributed by atoms with van der Waals surface area (Å²) >= 11 is 0. The van der Waals surface area contributed by atoms with Crippen LogP contribution in [0.5, 0.6) is 0 Å². The van der Waals surface area contributed by atoms with E-state index in [1.54, 1.807) is 5.01 Å². The van der Waals surface area contributed by atoms with Gasteiger partial charge in [0, 0.05) is 13.1 Å². The Morgan fingerprint density at radius 2 is 1.89 bits per heavy atom. The average Bonchev–Trinajstić information content (AvgIpc) is 2.45. The van der Waals surface area contributed by atoms with Crippen LogP contribution in [-0.2, 0) is 11.3 Å². The minimum Gasteiger partial charge on any atom is -0.462 e. The molecule has 1 aromatic carbocycles. The summed E-state index contributed by atoms with van der Waals surface area (Å²) in [5.41, 5.74) is 1.14. The smallest absolute Gasteiger partial charge is 0.447 e. The SMILES string of the molecule is O=C(O)N(OCCc1ccccc1)N1CCCCC1. The average molecular weight is 264 g/mol. The van der Waals surface area contributed by atoms with Crippen molar-refractivity contribution in [3.05, 3.63) is 35.9 Å². The first-order chi connectivity index (χ1) is 9.27. The molecule has 0 bridgehead atoms. The Kier molecular flexibility index (Phi) is 5.18.